The van der Waals surface area contributed by atoms with Gasteiger partial charge >= 0.3 is 5.97 Å². The summed E-state index contributed by atoms with van der Waals surface area (Å²) in [5, 5.41) is 20.7. The Kier molecular flexibility index (Phi) is 4.02. The van der Waals surface area contributed by atoms with E-state index in [0.717, 1.165) is 0 Å². The van der Waals surface area contributed by atoms with Crippen LogP contribution in [0.2, 0.25) is 5.02 Å². The van der Waals surface area contributed by atoms with Crippen molar-refractivity contribution in [3.8, 4) is 5.69 Å². The van der Waals surface area contributed by atoms with E-state index in [4.69, 9.17) is 11.6 Å². The summed E-state index contributed by atoms with van der Waals surface area (Å²) >= 11 is 6.15. The molecule has 0 bridgehead atoms. The molecule has 3 rings (SSSR count). The van der Waals surface area contributed by atoms with Crippen molar-refractivity contribution in [1.82, 2.24) is 4.57 Å². The predicted molar refractivity (Wildman–Crippen MR) is 92.9 cm³/mol. The first kappa shape index (κ1) is 16.7. The zero-order valence-electron chi connectivity index (χ0n) is 12.9. The molecule has 0 aliphatic heterocycles. The number of hydrogen-bond acceptors (Lipinski definition) is 4. The predicted octanol–water partition coefficient (Wildman–Crippen LogP) is 3.56. The van der Waals surface area contributed by atoms with Crippen LogP contribution in [0.4, 0.5) is 5.69 Å². The van der Waals surface area contributed by atoms with E-state index >= 15 is 0 Å². The summed E-state index contributed by atoms with van der Waals surface area (Å²) in [5.41, 5.74) is 0.427. The molecule has 8 heteroatoms. The van der Waals surface area contributed by atoms with Crippen molar-refractivity contribution < 1.29 is 14.8 Å². The summed E-state index contributed by atoms with van der Waals surface area (Å²) in [4.78, 5) is 34.1. The molecule has 0 fully saturated rings. The second-order valence-corrected chi connectivity index (χ2v) is 5.85. The molecule has 1 heterocycles. The Morgan fingerprint density at radius 1 is 1.24 bits per heavy atom. The van der Waals surface area contributed by atoms with Crippen LogP contribution in [-0.4, -0.2) is 20.6 Å². The number of pyridine rings is 1. The largest absolute Gasteiger partial charge is 0.477 e. The molecule has 1 aromatic heterocycles. The normalized spacial score (nSPS) is 10.8. The number of aromatic carboxylic acids is 1. The van der Waals surface area contributed by atoms with E-state index in [-0.39, 0.29) is 11.1 Å². The number of carboxylic acid groups (broad SMARTS) is 1. The lowest BCUT2D eigenvalue weighted by atomic mass is 10.1. The highest BCUT2D eigenvalue weighted by molar-refractivity contribution is 6.32. The van der Waals surface area contributed by atoms with Gasteiger partial charge in [0.15, 0.2) is 0 Å². The van der Waals surface area contributed by atoms with Gasteiger partial charge in [-0.1, -0.05) is 11.6 Å². The van der Waals surface area contributed by atoms with E-state index in [2.05, 4.69) is 0 Å². The first-order chi connectivity index (χ1) is 11.8. The molecule has 0 aliphatic carbocycles. The monoisotopic (exact) mass is 358 g/mol. The highest BCUT2D eigenvalue weighted by Crippen LogP contribution is 2.25. The minimum absolute atomic E-state index is 0.0959. The number of non-ortho nitro benzene ring substituents is 1. The number of aromatic nitrogens is 1. The van der Waals surface area contributed by atoms with Gasteiger partial charge in [-0.3, -0.25) is 14.9 Å². The Bertz CT molecular complexity index is 1090. The zero-order valence-corrected chi connectivity index (χ0v) is 13.6. The molecule has 0 saturated carbocycles. The van der Waals surface area contributed by atoms with Gasteiger partial charge in [0.25, 0.3) is 5.69 Å². The Hall–Kier alpha value is -3.19. The quantitative estimate of drug-likeness (QED) is 0.569. The van der Waals surface area contributed by atoms with Gasteiger partial charge in [0, 0.05) is 34.4 Å². The molecule has 7 nitrogen and oxygen atoms in total. The van der Waals surface area contributed by atoms with E-state index in [0.29, 0.717) is 21.8 Å². The number of halogens is 1. The van der Waals surface area contributed by atoms with Crippen molar-refractivity contribution in [3.05, 3.63) is 79.1 Å². The van der Waals surface area contributed by atoms with Gasteiger partial charge < -0.3 is 9.67 Å². The van der Waals surface area contributed by atoms with Crippen LogP contribution in [0.15, 0.2) is 47.4 Å². The maximum Gasteiger partial charge on any atom is 0.341 e. The summed E-state index contributed by atoms with van der Waals surface area (Å²) in [6.45, 7) is 1.71. The summed E-state index contributed by atoms with van der Waals surface area (Å²) in [7, 11) is 0. The van der Waals surface area contributed by atoms with Gasteiger partial charge in [-0.25, -0.2) is 4.79 Å². The Morgan fingerprint density at radius 2 is 1.88 bits per heavy atom. The van der Waals surface area contributed by atoms with Crippen LogP contribution in [0, 0.1) is 17.0 Å². The molecule has 0 spiro atoms. The lowest BCUT2D eigenvalue weighted by Gasteiger charge is -2.13. The molecule has 0 saturated heterocycles. The van der Waals surface area contributed by atoms with Crippen LogP contribution in [0.25, 0.3) is 16.6 Å². The summed E-state index contributed by atoms with van der Waals surface area (Å²) in [5.74, 6) is -1.35. The minimum Gasteiger partial charge on any atom is -0.477 e. The molecule has 126 valence electrons. The summed E-state index contributed by atoms with van der Waals surface area (Å²) in [6.07, 6.45) is 1.19. The van der Waals surface area contributed by atoms with Crippen molar-refractivity contribution in [2.45, 2.75) is 6.92 Å². The van der Waals surface area contributed by atoms with E-state index in [9.17, 15) is 24.8 Å². The molecule has 0 radical (unpaired) electrons. The number of rotatable bonds is 3. The Morgan fingerprint density at radius 3 is 2.44 bits per heavy atom. The number of carboxylic acids is 1. The van der Waals surface area contributed by atoms with Crippen LogP contribution in [0.5, 0.6) is 0 Å². The number of aryl methyl sites for hydroxylation is 1. The first-order valence-electron chi connectivity index (χ1n) is 7.13. The Balaban J connectivity index is 2.38. The van der Waals surface area contributed by atoms with Crippen molar-refractivity contribution in [1.29, 1.82) is 0 Å². The maximum absolute atomic E-state index is 12.4. The van der Waals surface area contributed by atoms with Crippen LogP contribution >= 0.6 is 11.6 Å². The lowest BCUT2D eigenvalue weighted by molar-refractivity contribution is -0.384. The molecule has 0 aliphatic rings. The SMILES string of the molecule is Cc1cc2c(=O)c(C(=O)O)cn(-c3ccc([N+](=O)[O-])cc3)c2cc1Cl. The van der Waals surface area contributed by atoms with Crippen LogP contribution in [0.3, 0.4) is 0 Å². The van der Waals surface area contributed by atoms with Gasteiger partial charge in [-0.05, 0) is 36.8 Å². The second kappa shape index (κ2) is 6.03. The van der Waals surface area contributed by atoms with Gasteiger partial charge in [0.1, 0.15) is 5.56 Å². The smallest absolute Gasteiger partial charge is 0.341 e. The fourth-order valence-electron chi connectivity index (χ4n) is 2.56. The third-order valence-corrected chi connectivity index (χ3v) is 4.26. The average molecular weight is 359 g/mol. The molecule has 1 N–H and O–H groups in total. The highest BCUT2D eigenvalue weighted by atomic mass is 35.5. The molecule has 2 aromatic carbocycles. The number of carbonyl (C=O) groups is 1. The number of benzene rings is 2. The minimum atomic E-state index is -1.35. The van der Waals surface area contributed by atoms with Crippen LogP contribution < -0.4 is 5.43 Å². The highest BCUT2D eigenvalue weighted by Gasteiger charge is 2.17. The molecule has 0 amide bonds. The number of nitro groups is 1. The zero-order chi connectivity index (χ0) is 18.3. The molecule has 3 aromatic rings. The van der Waals surface area contributed by atoms with E-state index < -0.39 is 21.9 Å². The van der Waals surface area contributed by atoms with Crippen molar-refractivity contribution >= 4 is 34.2 Å². The van der Waals surface area contributed by atoms with Crippen LogP contribution in [-0.2, 0) is 0 Å². The second-order valence-electron chi connectivity index (χ2n) is 5.44. The van der Waals surface area contributed by atoms with Crippen molar-refractivity contribution in [2.24, 2.45) is 0 Å². The molecular formula is C17H11ClN2O5. The standard InChI is InChI=1S/C17H11ClN2O5/c1-9-6-12-15(7-14(9)18)19(8-13(16(12)21)17(22)23)10-2-4-11(5-3-10)20(24)25/h2-8H,1H3,(H,22,23). The summed E-state index contributed by atoms with van der Waals surface area (Å²) < 4.78 is 1.48. The topological polar surface area (TPSA) is 102 Å². The van der Waals surface area contributed by atoms with E-state index in [1.807, 2.05) is 0 Å². The van der Waals surface area contributed by atoms with Crippen molar-refractivity contribution in [3.63, 3.8) is 0 Å². The fourth-order valence-corrected chi connectivity index (χ4v) is 2.71. The maximum atomic E-state index is 12.4. The summed E-state index contributed by atoms with van der Waals surface area (Å²) in [6, 6.07) is 8.66. The molecule has 0 unspecified atom stereocenters. The van der Waals surface area contributed by atoms with Gasteiger partial charge in [0.05, 0.1) is 10.4 Å². The molecule has 25 heavy (non-hydrogen) atoms. The fraction of sp³-hybridized carbons (Fsp3) is 0.0588. The van der Waals surface area contributed by atoms with Gasteiger partial charge in [0.2, 0.25) is 5.43 Å². The number of hydrogen-bond donors (Lipinski definition) is 1. The number of nitro benzene ring substituents is 1. The number of fused-ring (bicyclic) bond motifs is 1. The third-order valence-electron chi connectivity index (χ3n) is 3.85. The van der Waals surface area contributed by atoms with Gasteiger partial charge in [-0.2, -0.15) is 0 Å². The van der Waals surface area contributed by atoms with E-state index in [1.165, 1.54) is 41.1 Å². The Labute approximate surface area is 145 Å². The molecule has 0 atom stereocenters. The first-order valence-corrected chi connectivity index (χ1v) is 7.51. The molecular weight excluding hydrogens is 348 g/mol. The van der Waals surface area contributed by atoms with E-state index in [1.54, 1.807) is 13.0 Å². The lowest BCUT2D eigenvalue weighted by Crippen LogP contribution is -2.18. The third kappa shape index (κ3) is 2.85. The number of nitrogens with zero attached hydrogens (tertiary/aromatic N) is 2. The average Bonchev–Trinajstić information content (AvgIpc) is 2.57. The van der Waals surface area contributed by atoms with Crippen LogP contribution in [0.1, 0.15) is 15.9 Å². The van der Waals surface area contributed by atoms with Crippen molar-refractivity contribution in [2.75, 3.05) is 0 Å². The van der Waals surface area contributed by atoms with Gasteiger partial charge in [-0.15, -0.1) is 0 Å².